The third-order valence-electron chi connectivity index (χ3n) is 4.52. The van der Waals surface area contributed by atoms with Gasteiger partial charge in [-0.1, -0.05) is 65.1 Å². The molecule has 0 saturated carbocycles. The standard InChI is InChI=1S/C26H22O6S2/c1-21-10-14-25(15-11-21)33(27,28)31-18-4-8-23-6-3-7-24(20-23)9-5-19-32-34(29,30)26-16-12-22(2)13-17-26/h3,6-7,10-17,20H,18-19H2,1-2H3. The van der Waals surface area contributed by atoms with E-state index in [-0.39, 0.29) is 23.0 Å². The maximum absolute atomic E-state index is 12.2. The average molecular weight is 495 g/mol. The second kappa shape index (κ2) is 11.1. The second-order valence-corrected chi connectivity index (χ2v) is 10.5. The Balaban J connectivity index is 1.57. The summed E-state index contributed by atoms with van der Waals surface area (Å²) in [7, 11) is -7.75. The van der Waals surface area contributed by atoms with Gasteiger partial charge < -0.3 is 0 Å². The molecule has 6 nitrogen and oxygen atoms in total. The molecular formula is C26H22O6S2. The normalized spacial score (nSPS) is 11.1. The van der Waals surface area contributed by atoms with Crippen molar-refractivity contribution in [1.82, 2.24) is 0 Å². The lowest BCUT2D eigenvalue weighted by Crippen LogP contribution is -2.06. The van der Waals surface area contributed by atoms with E-state index in [4.69, 9.17) is 8.37 Å². The molecule has 0 aliphatic heterocycles. The highest BCUT2D eigenvalue weighted by atomic mass is 32.2. The predicted octanol–water partition coefficient (Wildman–Crippen LogP) is 3.82. The molecule has 0 fully saturated rings. The summed E-state index contributed by atoms with van der Waals surface area (Å²) in [5, 5.41) is 0. The van der Waals surface area contributed by atoms with Gasteiger partial charge in [0.05, 0.1) is 9.79 Å². The molecule has 3 aromatic rings. The number of benzene rings is 3. The highest BCUT2D eigenvalue weighted by molar-refractivity contribution is 7.87. The van der Waals surface area contributed by atoms with Crippen molar-refractivity contribution in [1.29, 1.82) is 0 Å². The van der Waals surface area contributed by atoms with Crippen molar-refractivity contribution in [2.75, 3.05) is 13.2 Å². The highest BCUT2D eigenvalue weighted by Crippen LogP contribution is 2.14. The minimum absolute atomic E-state index is 0.0729. The van der Waals surface area contributed by atoms with E-state index in [9.17, 15) is 16.8 Å². The van der Waals surface area contributed by atoms with Gasteiger partial charge in [0.25, 0.3) is 20.2 Å². The first-order valence-electron chi connectivity index (χ1n) is 10.2. The zero-order valence-corrected chi connectivity index (χ0v) is 20.2. The molecule has 0 aliphatic rings. The largest absolute Gasteiger partial charge is 0.297 e. The molecule has 34 heavy (non-hydrogen) atoms. The van der Waals surface area contributed by atoms with Crippen LogP contribution in [0.4, 0.5) is 0 Å². The first kappa shape index (κ1) is 25.2. The van der Waals surface area contributed by atoms with Gasteiger partial charge >= 0.3 is 0 Å². The second-order valence-electron chi connectivity index (χ2n) is 7.24. The molecule has 3 rings (SSSR count). The van der Waals surface area contributed by atoms with Crippen LogP contribution >= 0.6 is 0 Å². The van der Waals surface area contributed by atoms with E-state index < -0.39 is 20.2 Å². The Morgan fingerprint density at radius 1 is 0.618 bits per heavy atom. The summed E-state index contributed by atoms with van der Waals surface area (Å²) in [5.41, 5.74) is 3.11. The van der Waals surface area contributed by atoms with Crippen molar-refractivity contribution in [3.63, 3.8) is 0 Å². The highest BCUT2D eigenvalue weighted by Gasteiger charge is 2.14. The molecule has 0 aromatic heterocycles. The molecule has 0 radical (unpaired) electrons. The summed E-state index contributed by atoms with van der Waals surface area (Å²) in [6.45, 7) is 3.14. The van der Waals surface area contributed by atoms with Crippen LogP contribution in [-0.4, -0.2) is 30.0 Å². The summed E-state index contributed by atoms with van der Waals surface area (Å²) in [5.74, 6) is 11.0. The molecule has 0 spiro atoms. The Morgan fingerprint density at radius 3 is 1.38 bits per heavy atom. The van der Waals surface area contributed by atoms with Crippen molar-refractivity contribution in [2.24, 2.45) is 0 Å². The van der Waals surface area contributed by atoms with Crippen LogP contribution < -0.4 is 0 Å². The van der Waals surface area contributed by atoms with Crippen LogP contribution in [0, 0.1) is 37.5 Å². The number of hydrogen-bond acceptors (Lipinski definition) is 6. The monoisotopic (exact) mass is 494 g/mol. The minimum Gasteiger partial charge on any atom is -0.253 e. The van der Waals surface area contributed by atoms with Crippen molar-refractivity contribution in [2.45, 2.75) is 23.6 Å². The molecule has 0 heterocycles. The Bertz CT molecular complexity index is 1370. The first-order valence-corrected chi connectivity index (χ1v) is 13.0. The van der Waals surface area contributed by atoms with E-state index in [0.29, 0.717) is 11.1 Å². The summed E-state index contributed by atoms with van der Waals surface area (Å²) in [6.07, 6.45) is 0. The van der Waals surface area contributed by atoms with Gasteiger partial charge in [0.1, 0.15) is 13.2 Å². The van der Waals surface area contributed by atoms with Gasteiger partial charge in [-0.25, -0.2) is 0 Å². The zero-order chi connectivity index (χ0) is 24.6. The Morgan fingerprint density at radius 2 is 1.00 bits per heavy atom. The van der Waals surface area contributed by atoms with Crippen molar-refractivity contribution >= 4 is 20.2 Å². The first-order chi connectivity index (χ1) is 16.2. The van der Waals surface area contributed by atoms with Gasteiger partial charge in [-0.2, -0.15) is 16.8 Å². The van der Waals surface area contributed by atoms with Crippen LogP contribution in [0.5, 0.6) is 0 Å². The fourth-order valence-corrected chi connectivity index (χ4v) is 4.35. The third kappa shape index (κ3) is 7.31. The fourth-order valence-electron chi connectivity index (χ4n) is 2.71. The lowest BCUT2D eigenvalue weighted by Gasteiger charge is -2.03. The Hall–Kier alpha value is -3.40. The van der Waals surface area contributed by atoms with Gasteiger partial charge in [-0.3, -0.25) is 8.37 Å². The molecule has 0 aliphatic carbocycles. The molecule has 8 heteroatoms. The smallest absolute Gasteiger partial charge is 0.253 e. The van der Waals surface area contributed by atoms with E-state index in [1.54, 1.807) is 48.5 Å². The average Bonchev–Trinajstić information content (AvgIpc) is 2.80. The quantitative estimate of drug-likeness (QED) is 0.383. The molecule has 0 atom stereocenters. The molecule has 0 saturated heterocycles. The third-order valence-corrected chi connectivity index (χ3v) is 7.08. The van der Waals surface area contributed by atoms with E-state index in [1.807, 2.05) is 13.8 Å². The van der Waals surface area contributed by atoms with Gasteiger partial charge in [-0.05, 0) is 56.3 Å². The van der Waals surface area contributed by atoms with Crippen LogP contribution in [0.1, 0.15) is 22.3 Å². The van der Waals surface area contributed by atoms with Crippen LogP contribution in [0.15, 0.2) is 82.6 Å². The van der Waals surface area contributed by atoms with Crippen molar-refractivity contribution in [3.05, 3.63) is 95.1 Å². The molecule has 174 valence electrons. The Labute approximate surface area is 200 Å². The molecule has 3 aromatic carbocycles. The van der Waals surface area contributed by atoms with Crippen LogP contribution in [0.25, 0.3) is 0 Å². The number of rotatable bonds is 6. The van der Waals surface area contributed by atoms with Gasteiger partial charge in [0.15, 0.2) is 0 Å². The SMILES string of the molecule is Cc1ccc(S(=O)(=O)OCC#Cc2cccc(C#CCOS(=O)(=O)c3ccc(C)cc3)c2)cc1. The van der Waals surface area contributed by atoms with Crippen LogP contribution in [0.3, 0.4) is 0 Å². The fraction of sp³-hybridized carbons (Fsp3) is 0.154. The lowest BCUT2D eigenvalue weighted by atomic mass is 10.1. The number of hydrogen-bond donors (Lipinski definition) is 0. The molecule has 0 bridgehead atoms. The van der Waals surface area contributed by atoms with E-state index in [1.165, 1.54) is 24.3 Å². The van der Waals surface area contributed by atoms with Crippen molar-refractivity contribution in [3.8, 4) is 23.7 Å². The maximum Gasteiger partial charge on any atom is 0.297 e. The summed E-state index contributed by atoms with van der Waals surface area (Å²) < 4.78 is 58.6. The number of aryl methyl sites for hydroxylation is 2. The predicted molar refractivity (Wildman–Crippen MR) is 129 cm³/mol. The molecule has 0 amide bonds. The summed E-state index contributed by atoms with van der Waals surface area (Å²) in [6, 6.07) is 19.6. The topological polar surface area (TPSA) is 86.7 Å². The van der Waals surface area contributed by atoms with E-state index in [0.717, 1.165) is 11.1 Å². The van der Waals surface area contributed by atoms with Gasteiger partial charge in [-0.15, -0.1) is 0 Å². The van der Waals surface area contributed by atoms with Crippen LogP contribution in [-0.2, 0) is 28.6 Å². The summed E-state index contributed by atoms with van der Waals surface area (Å²) in [4.78, 5) is 0.146. The van der Waals surface area contributed by atoms with E-state index >= 15 is 0 Å². The van der Waals surface area contributed by atoms with Crippen molar-refractivity contribution < 1.29 is 25.2 Å². The zero-order valence-electron chi connectivity index (χ0n) is 18.6. The lowest BCUT2D eigenvalue weighted by molar-refractivity contribution is 0.362. The Kier molecular flexibility index (Phi) is 8.27. The van der Waals surface area contributed by atoms with Gasteiger partial charge in [0.2, 0.25) is 0 Å². The van der Waals surface area contributed by atoms with Gasteiger partial charge in [0, 0.05) is 11.1 Å². The minimum atomic E-state index is -3.88. The van der Waals surface area contributed by atoms with Crippen LogP contribution in [0.2, 0.25) is 0 Å². The maximum atomic E-state index is 12.2. The molecule has 0 N–H and O–H groups in total. The molecule has 0 unspecified atom stereocenters. The molecular weight excluding hydrogens is 472 g/mol. The summed E-state index contributed by atoms with van der Waals surface area (Å²) >= 11 is 0. The van der Waals surface area contributed by atoms with E-state index in [2.05, 4.69) is 23.7 Å².